The minimum Gasteiger partial charge on any atom is -0.489 e. The molecule has 1 aromatic carbocycles. The van der Waals surface area contributed by atoms with Crippen molar-refractivity contribution in [3.63, 3.8) is 0 Å². The number of H-pyrrole nitrogens is 1. The third-order valence-electron chi connectivity index (χ3n) is 2.53. The summed E-state index contributed by atoms with van der Waals surface area (Å²) in [6, 6.07) is 5.33. The van der Waals surface area contributed by atoms with E-state index >= 15 is 0 Å². The van der Waals surface area contributed by atoms with Crippen LogP contribution in [0.5, 0.6) is 5.75 Å². The number of aromatic amines is 1. The topological polar surface area (TPSA) is 64.1 Å². The van der Waals surface area contributed by atoms with Crippen molar-refractivity contribution < 1.29 is 4.74 Å². The highest BCUT2D eigenvalue weighted by Crippen LogP contribution is 2.24. The molecule has 0 saturated heterocycles. The van der Waals surface area contributed by atoms with Crippen molar-refractivity contribution in [1.29, 1.82) is 0 Å². The van der Waals surface area contributed by atoms with Gasteiger partial charge < -0.3 is 9.72 Å². The Balaban J connectivity index is 2.63. The van der Waals surface area contributed by atoms with Gasteiger partial charge in [-0.2, -0.15) is 0 Å². The fraction of sp³-hybridized carbons (Fsp3) is 0.200. The molecule has 0 fully saturated rings. The summed E-state index contributed by atoms with van der Waals surface area (Å²) in [5.74, 6) is 0.645. The van der Waals surface area contributed by atoms with E-state index in [1.54, 1.807) is 18.2 Å². The number of hydrogen-bond donors (Lipinski definition) is 1. The van der Waals surface area contributed by atoms with E-state index in [0.717, 1.165) is 0 Å². The van der Waals surface area contributed by atoms with Crippen molar-refractivity contribution >= 4 is 11.0 Å². The van der Waals surface area contributed by atoms with Gasteiger partial charge in [0.15, 0.2) is 0 Å². The zero-order chi connectivity index (χ0) is 10.4. The SMILES string of the molecule is O=c1[nH]c2cccc3c2n(c1=O)CCO3. The number of aromatic nitrogens is 2. The zero-order valence-electron chi connectivity index (χ0n) is 7.82. The Morgan fingerprint density at radius 2 is 2.20 bits per heavy atom. The molecule has 3 rings (SSSR count). The molecule has 1 aliphatic rings. The van der Waals surface area contributed by atoms with Gasteiger partial charge in [-0.25, -0.2) is 0 Å². The van der Waals surface area contributed by atoms with Crippen molar-refractivity contribution in [2.45, 2.75) is 6.54 Å². The van der Waals surface area contributed by atoms with Crippen LogP contribution >= 0.6 is 0 Å². The first-order valence-electron chi connectivity index (χ1n) is 4.66. The van der Waals surface area contributed by atoms with Gasteiger partial charge in [0, 0.05) is 0 Å². The summed E-state index contributed by atoms with van der Waals surface area (Å²) in [7, 11) is 0. The lowest BCUT2D eigenvalue weighted by atomic mass is 10.2. The first-order valence-corrected chi connectivity index (χ1v) is 4.66. The summed E-state index contributed by atoms with van der Waals surface area (Å²) in [6.45, 7) is 0.853. The lowest BCUT2D eigenvalue weighted by Crippen LogP contribution is -2.38. The van der Waals surface area contributed by atoms with Crippen LogP contribution in [0, 0.1) is 0 Å². The van der Waals surface area contributed by atoms with E-state index < -0.39 is 11.1 Å². The highest BCUT2D eigenvalue weighted by molar-refractivity contribution is 5.81. The fourth-order valence-corrected chi connectivity index (χ4v) is 1.88. The van der Waals surface area contributed by atoms with Crippen molar-refractivity contribution in [3.8, 4) is 5.75 Å². The summed E-state index contributed by atoms with van der Waals surface area (Å²) in [5.41, 5.74) is 0.213. The highest BCUT2D eigenvalue weighted by Gasteiger charge is 2.15. The lowest BCUT2D eigenvalue weighted by Gasteiger charge is -2.18. The maximum atomic E-state index is 11.6. The van der Waals surface area contributed by atoms with Gasteiger partial charge in [-0.05, 0) is 12.1 Å². The molecule has 0 aliphatic carbocycles. The quantitative estimate of drug-likeness (QED) is 0.618. The maximum absolute atomic E-state index is 11.6. The number of rotatable bonds is 0. The number of hydrogen-bond acceptors (Lipinski definition) is 3. The summed E-state index contributed by atoms with van der Waals surface area (Å²) >= 11 is 0. The minimum atomic E-state index is -0.582. The number of nitrogens with one attached hydrogen (secondary N) is 1. The van der Waals surface area contributed by atoms with Crippen LogP contribution in [0.1, 0.15) is 0 Å². The first kappa shape index (κ1) is 8.28. The fourth-order valence-electron chi connectivity index (χ4n) is 1.88. The van der Waals surface area contributed by atoms with E-state index in [1.165, 1.54) is 4.57 Å². The Morgan fingerprint density at radius 1 is 1.33 bits per heavy atom. The second-order valence-corrected chi connectivity index (χ2v) is 3.41. The summed E-state index contributed by atoms with van der Waals surface area (Å²) < 4.78 is 6.87. The second-order valence-electron chi connectivity index (χ2n) is 3.41. The third kappa shape index (κ3) is 1.03. The van der Waals surface area contributed by atoms with Crippen molar-refractivity contribution in [3.05, 3.63) is 38.9 Å². The third-order valence-corrected chi connectivity index (χ3v) is 2.53. The van der Waals surface area contributed by atoms with Crippen LogP contribution in [-0.2, 0) is 6.54 Å². The molecule has 2 heterocycles. The van der Waals surface area contributed by atoms with E-state index in [2.05, 4.69) is 4.98 Å². The molecule has 0 amide bonds. The van der Waals surface area contributed by atoms with Crippen LogP contribution < -0.4 is 15.9 Å². The summed E-state index contributed by atoms with van der Waals surface area (Å²) in [6.07, 6.45) is 0. The van der Waals surface area contributed by atoms with E-state index in [9.17, 15) is 9.59 Å². The molecule has 1 aliphatic heterocycles. The molecular weight excluding hydrogens is 196 g/mol. The predicted octanol–water partition coefficient (Wildman–Crippen LogP) is 0.0822. The second kappa shape index (κ2) is 2.73. The Labute approximate surface area is 83.9 Å². The average molecular weight is 204 g/mol. The summed E-state index contributed by atoms with van der Waals surface area (Å²) in [4.78, 5) is 25.4. The van der Waals surface area contributed by atoms with Gasteiger partial charge in [0.2, 0.25) is 0 Å². The summed E-state index contributed by atoms with van der Waals surface area (Å²) in [5, 5.41) is 0. The minimum absolute atomic E-state index is 0.426. The molecule has 0 atom stereocenters. The molecule has 0 unspecified atom stereocenters. The monoisotopic (exact) mass is 204 g/mol. The van der Waals surface area contributed by atoms with E-state index in [0.29, 0.717) is 29.9 Å². The van der Waals surface area contributed by atoms with Gasteiger partial charge in [-0.3, -0.25) is 14.2 Å². The molecule has 0 saturated carbocycles. The van der Waals surface area contributed by atoms with Crippen LogP contribution in [0.15, 0.2) is 27.8 Å². The molecule has 2 aromatic rings. The van der Waals surface area contributed by atoms with Gasteiger partial charge in [0.05, 0.1) is 12.1 Å². The van der Waals surface area contributed by atoms with Crippen molar-refractivity contribution in [2.24, 2.45) is 0 Å². The predicted molar refractivity (Wildman–Crippen MR) is 54.3 cm³/mol. The van der Waals surface area contributed by atoms with Crippen LogP contribution in [0.4, 0.5) is 0 Å². The molecule has 1 aromatic heterocycles. The standard InChI is InChI=1S/C10H8N2O3/c13-9-10(14)12-4-5-15-7-3-1-2-6(11-9)8(7)12/h1-3H,4-5H2,(H,11,13). The van der Waals surface area contributed by atoms with Crippen molar-refractivity contribution in [2.75, 3.05) is 6.61 Å². The normalized spacial score (nSPS) is 13.9. The maximum Gasteiger partial charge on any atom is 0.316 e. The van der Waals surface area contributed by atoms with E-state index in [4.69, 9.17) is 4.74 Å². The largest absolute Gasteiger partial charge is 0.489 e. The Hall–Kier alpha value is -2.04. The molecule has 0 spiro atoms. The van der Waals surface area contributed by atoms with Crippen LogP contribution in [0.25, 0.3) is 11.0 Å². The van der Waals surface area contributed by atoms with E-state index in [1.807, 2.05) is 0 Å². The molecule has 0 bridgehead atoms. The van der Waals surface area contributed by atoms with E-state index in [-0.39, 0.29) is 0 Å². The van der Waals surface area contributed by atoms with Gasteiger partial charge in [0.25, 0.3) is 0 Å². The molecule has 1 N–H and O–H groups in total. The molecule has 5 heteroatoms. The number of benzene rings is 1. The Bertz CT molecular complexity index is 654. The molecular formula is C10H8N2O3. The van der Waals surface area contributed by atoms with Crippen molar-refractivity contribution in [1.82, 2.24) is 9.55 Å². The smallest absolute Gasteiger partial charge is 0.316 e. The van der Waals surface area contributed by atoms with Crippen LogP contribution in [0.3, 0.4) is 0 Å². The molecule has 76 valence electrons. The Morgan fingerprint density at radius 3 is 3.07 bits per heavy atom. The Kier molecular flexibility index (Phi) is 1.50. The van der Waals surface area contributed by atoms with Gasteiger partial charge in [-0.1, -0.05) is 6.07 Å². The van der Waals surface area contributed by atoms with Gasteiger partial charge >= 0.3 is 11.1 Å². The molecule has 5 nitrogen and oxygen atoms in total. The van der Waals surface area contributed by atoms with Crippen LogP contribution in [0.2, 0.25) is 0 Å². The van der Waals surface area contributed by atoms with Gasteiger partial charge in [-0.15, -0.1) is 0 Å². The number of ether oxygens (including phenoxy) is 1. The average Bonchev–Trinajstić information content (AvgIpc) is 2.26. The number of para-hydroxylation sites is 1. The van der Waals surface area contributed by atoms with Gasteiger partial charge in [0.1, 0.15) is 17.9 Å². The highest BCUT2D eigenvalue weighted by atomic mass is 16.5. The van der Waals surface area contributed by atoms with Crippen LogP contribution in [-0.4, -0.2) is 16.2 Å². The number of nitrogens with zero attached hydrogens (tertiary/aromatic N) is 1. The first-order chi connectivity index (χ1) is 7.27. The molecule has 15 heavy (non-hydrogen) atoms. The zero-order valence-corrected chi connectivity index (χ0v) is 7.82. The molecule has 0 radical (unpaired) electrons. The lowest BCUT2D eigenvalue weighted by molar-refractivity contribution is 0.283.